The van der Waals surface area contributed by atoms with Crippen LogP contribution in [0.4, 0.5) is 5.13 Å². The third-order valence-electron chi connectivity index (χ3n) is 3.65. The minimum absolute atomic E-state index is 0.0358. The maximum Gasteiger partial charge on any atom is 0.184 e. The molecule has 3 rings (SSSR count). The van der Waals surface area contributed by atoms with E-state index in [0.717, 1.165) is 15.3 Å². The molecular formula is C18H18N2O3S. The first-order valence-corrected chi connectivity index (χ1v) is 8.28. The van der Waals surface area contributed by atoms with Crippen LogP contribution in [0.25, 0.3) is 10.2 Å². The average molecular weight is 342 g/mol. The van der Waals surface area contributed by atoms with Crippen LogP contribution in [-0.4, -0.2) is 31.5 Å². The molecule has 0 amide bonds. The molecule has 0 aliphatic heterocycles. The van der Waals surface area contributed by atoms with Gasteiger partial charge in [0.05, 0.1) is 31.0 Å². The van der Waals surface area contributed by atoms with Gasteiger partial charge in [-0.25, -0.2) is 4.98 Å². The summed E-state index contributed by atoms with van der Waals surface area (Å²) in [7, 11) is 3.11. The fraction of sp³-hybridized carbons (Fsp3) is 0.222. The molecule has 0 saturated heterocycles. The second-order valence-corrected chi connectivity index (χ2v) is 6.37. The van der Waals surface area contributed by atoms with Gasteiger partial charge in [-0.05, 0) is 42.8 Å². The molecule has 1 N–H and O–H groups in total. The number of methoxy groups -OCH3 is 2. The third kappa shape index (κ3) is 3.33. The molecule has 1 aromatic heterocycles. The summed E-state index contributed by atoms with van der Waals surface area (Å²) in [6, 6.07) is 11.3. The van der Waals surface area contributed by atoms with Gasteiger partial charge in [-0.3, -0.25) is 4.79 Å². The molecule has 0 saturated carbocycles. The van der Waals surface area contributed by atoms with Crippen LogP contribution in [0.1, 0.15) is 15.9 Å². The molecule has 6 heteroatoms. The summed E-state index contributed by atoms with van der Waals surface area (Å²) in [5.41, 5.74) is 2.70. The lowest BCUT2D eigenvalue weighted by molar-refractivity contribution is 0.101. The van der Waals surface area contributed by atoms with Gasteiger partial charge in [-0.2, -0.15) is 0 Å². The van der Waals surface area contributed by atoms with E-state index in [1.165, 1.54) is 5.56 Å². The summed E-state index contributed by atoms with van der Waals surface area (Å²) < 4.78 is 11.5. The van der Waals surface area contributed by atoms with Gasteiger partial charge in [0.2, 0.25) is 0 Å². The highest BCUT2D eigenvalue weighted by Gasteiger charge is 2.12. The highest BCUT2D eigenvalue weighted by atomic mass is 32.1. The van der Waals surface area contributed by atoms with Crippen LogP contribution in [0.3, 0.4) is 0 Å². The lowest BCUT2D eigenvalue weighted by Gasteiger charge is -2.09. The van der Waals surface area contributed by atoms with Crippen LogP contribution in [-0.2, 0) is 0 Å². The van der Waals surface area contributed by atoms with E-state index >= 15 is 0 Å². The number of carbonyl (C=O) groups excluding carboxylic acids is 1. The predicted octanol–water partition coefficient (Wildman–Crippen LogP) is 3.92. The number of nitrogens with one attached hydrogen (secondary N) is 1. The second-order valence-electron chi connectivity index (χ2n) is 5.34. The smallest absolute Gasteiger partial charge is 0.184 e. The first-order chi connectivity index (χ1) is 11.6. The number of aromatic nitrogens is 1. The first-order valence-electron chi connectivity index (χ1n) is 7.47. The van der Waals surface area contributed by atoms with Gasteiger partial charge in [-0.15, -0.1) is 0 Å². The van der Waals surface area contributed by atoms with E-state index in [0.29, 0.717) is 17.1 Å². The number of anilines is 1. The normalized spacial score (nSPS) is 10.6. The molecular weight excluding hydrogens is 324 g/mol. The van der Waals surface area contributed by atoms with Crippen molar-refractivity contribution in [3.63, 3.8) is 0 Å². The SMILES string of the molecule is COc1ccc(C(=O)CNc2nc3ccc(C)cc3s2)cc1OC. The Labute approximate surface area is 144 Å². The highest BCUT2D eigenvalue weighted by Crippen LogP contribution is 2.28. The van der Waals surface area contributed by atoms with Crippen molar-refractivity contribution in [1.29, 1.82) is 0 Å². The summed E-state index contributed by atoms with van der Waals surface area (Å²) in [4.78, 5) is 16.9. The van der Waals surface area contributed by atoms with Gasteiger partial charge in [0.25, 0.3) is 0 Å². The molecule has 0 unspecified atom stereocenters. The number of hydrogen-bond acceptors (Lipinski definition) is 6. The van der Waals surface area contributed by atoms with E-state index < -0.39 is 0 Å². The van der Waals surface area contributed by atoms with E-state index in [9.17, 15) is 4.79 Å². The largest absolute Gasteiger partial charge is 0.493 e. The summed E-state index contributed by atoms with van der Waals surface area (Å²) >= 11 is 1.54. The number of thiazole rings is 1. The molecule has 5 nitrogen and oxygen atoms in total. The minimum Gasteiger partial charge on any atom is -0.493 e. The maximum atomic E-state index is 12.4. The van der Waals surface area contributed by atoms with Crippen molar-refractivity contribution in [2.45, 2.75) is 6.92 Å². The molecule has 1 heterocycles. The van der Waals surface area contributed by atoms with E-state index in [1.807, 2.05) is 19.1 Å². The second kappa shape index (κ2) is 6.88. The van der Waals surface area contributed by atoms with E-state index in [4.69, 9.17) is 9.47 Å². The van der Waals surface area contributed by atoms with Crippen LogP contribution in [0, 0.1) is 6.92 Å². The van der Waals surface area contributed by atoms with Crippen molar-refractivity contribution >= 4 is 32.5 Å². The van der Waals surface area contributed by atoms with Crippen molar-refractivity contribution in [2.24, 2.45) is 0 Å². The number of aryl methyl sites for hydroxylation is 1. The number of hydrogen-bond donors (Lipinski definition) is 1. The quantitative estimate of drug-likeness (QED) is 0.688. The predicted molar refractivity (Wildman–Crippen MR) is 96.7 cm³/mol. The Morgan fingerprint density at radius 3 is 2.67 bits per heavy atom. The Kier molecular flexibility index (Phi) is 4.66. The number of ketones is 1. The van der Waals surface area contributed by atoms with Crippen LogP contribution in [0.2, 0.25) is 0 Å². The number of nitrogens with zero attached hydrogens (tertiary/aromatic N) is 1. The zero-order valence-electron chi connectivity index (χ0n) is 13.8. The third-order valence-corrected chi connectivity index (χ3v) is 4.63. The Balaban J connectivity index is 1.72. The van der Waals surface area contributed by atoms with Crippen LogP contribution >= 0.6 is 11.3 Å². The topological polar surface area (TPSA) is 60.5 Å². The Morgan fingerprint density at radius 2 is 1.92 bits per heavy atom. The van der Waals surface area contributed by atoms with Crippen molar-refractivity contribution < 1.29 is 14.3 Å². The molecule has 0 atom stereocenters. The highest BCUT2D eigenvalue weighted by molar-refractivity contribution is 7.22. The fourth-order valence-corrected chi connectivity index (χ4v) is 3.33. The zero-order valence-corrected chi connectivity index (χ0v) is 14.6. The van der Waals surface area contributed by atoms with Crippen molar-refractivity contribution in [3.05, 3.63) is 47.5 Å². The summed E-state index contributed by atoms with van der Waals surface area (Å²) in [6.07, 6.45) is 0. The lowest BCUT2D eigenvalue weighted by atomic mass is 10.1. The molecule has 0 fully saturated rings. The van der Waals surface area contributed by atoms with Crippen molar-refractivity contribution in [3.8, 4) is 11.5 Å². The maximum absolute atomic E-state index is 12.4. The zero-order chi connectivity index (χ0) is 17.1. The van der Waals surface area contributed by atoms with Gasteiger partial charge in [0, 0.05) is 5.56 Å². The van der Waals surface area contributed by atoms with Gasteiger partial charge in [-0.1, -0.05) is 17.4 Å². The number of ether oxygens (including phenoxy) is 2. The van der Waals surface area contributed by atoms with Gasteiger partial charge >= 0.3 is 0 Å². The fourth-order valence-electron chi connectivity index (χ4n) is 2.38. The molecule has 2 aromatic carbocycles. The van der Waals surface area contributed by atoms with Crippen molar-refractivity contribution in [1.82, 2.24) is 4.98 Å². The van der Waals surface area contributed by atoms with Crippen molar-refractivity contribution in [2.75, 3.05) is 26.1 Å². The van der Waals surface area contributed by atoms with Gasteiger partial charge < -0.3 is 14.8 Å². The molecule has 124 valence electrons. The van der Waals surface area contributed by atoms with Gasteiger partial charge in [0.1, 0.15) is 0 Å². The lowest BCUT2D eigenvalue weighted by Crippen LogP contribution is -2.14. The number of carbonyl (C=O) groups is 1. The Bertz CT molecular complexity index is 889. The number of fused-ring (bicyclic) bond motifs is 1. The van der Waals surface area contributed by atoms with Gasteiger partial charge in [0.15, 0.2) is 22.4 Å². The summed E-state index contributed by atoms with van der Waals surface area (Å²) in [6.45, 7) is 2.22. The summed E-state index contributed by atoms with van der Waals surface area (Å²) in [5, 5.41) is 3.84. The Morgan fingerprint density at radius 1 is 1.12 bits per heavy atom. The van der Waals surface area contributed by atoms with Crippen LogP contribution in [0.15, 0.2) is 36.4 Å². The van der Waals surface area contributed by atoms with Crippen LogP contribution in [0.5, 0.6) is 11.5 Å². The van der Waals surface area contributed by atoms with Crippen LogP contribution < -0.4 is 14.8 Å². The van der Waals surface area contributed by atoms with E-state index in [1.54, 1.807) is 43.8 Å². The monoisotopic (exact) mass is 342 g/mol. The molecule has 0 bridgehead atoms. The Hall–Kier alpha value is -2.60. The molecule has 0 spiro atoms. The average Bonchev–Trinajstić information content (AvgIpc) is 3.00. The van der Waals surface area contributed by atoms with E-state index in [-0.39, 0.29) is 12.3 Å². The van der Waals surface area contributed by atoms with E-state index in [2.05, 4.69) is 16.4 Å². The first kappa shape index (κ1) is 16.3. The minimum atomic E-state index is -0.0358. The molecule has 0 aliphatic rings. The number of benzene rings is 2. The standard InChI is InChI=1S/C18H18N2O3S/c1-11-4-6-13-17(8-11)24-18(20-13)19-10-14(21)12-5-7-15(22-2)16(9-12)23-3/h4-9H,10H2,1-3H3,(H,19,20). The number of Topliss-reactive ketones (excluding diaryl/α,β-unsaturated/α-hetero) is 1. The molecule has 0 aliphatic carbocycles. The molecule has 0 radical (unpaired) electrons. The summed E-state index contributed by atoms with van der Waals surface area (Å²) in [5.74, 6) is 1.11. The molecule has 24 heavy (non-hydrogen) atoms. The molecule has 3 aromatic rings. The number of rotatable bonds is 6.